The molecule has 1 N–H and O–H groups in total. The molecule has 0 fully saturated rings. The van der Waals surface area contributed by atoms with Gasteiger partial charge in [0.1, 0.15) is 5.82 Å². The number of hydrogen-bond acceptors (Lipinski definition) is 2. The number of aryl methyl sites for hydroxylation is 1. The van der Waals surface area contributed by atoms with Crippen LogP contribution in [0.2, 0.25) is 5.02 Å². The Morgan fingerprint density at radius 3 is 2.89 bits per heavy atom. The molecule has 1 heterocycles. The Labute approximate surface area is 117 Å². The lowest BCUT2D eigenvalue weighted by molar-refractivity contribution is 0.510. The first-order chi connectivity index (χ1) is 9.10. The van der Waals surface area contributed by atoms with Gasteiger partial charge in [0.05, 0.1) is 6.20 Å². The average molecular weight is 282 g/mol. The highest BCUT2D eigenvalue weighted by atomic mass is 35.5. The van der Waals surface area contributed by atoms with Crippen molar-refractivity contribution < 1.29 is 4.39 Å². The number of hydrogen-bond donors (Lipinski definition) is 1. The third-order valence-electron chi connectivity index (χ3n) is 2.98. The summed E-state index contributed by atoms with van der Waals surface area (Å²) < 4.78 is 15.7. The SMILES string of the molecule is CCNC(Cc1cnn(C)c1)c1cc(Cl)ccc1F. The molecule has 1 atom stereocenters. The maximum absolute atomic E-state index is 13.9. The molecule has 102 valence electrons. The quantitative estimate of drug-likeness (QED) is 0.913. The van der Waals surface area contributed by atoms with Crippen molar-refractivity contribution in [3.63, 3.8) is 0 Å². The zero-order valence-corrected chi connectivity index (χ0v) is 11.8. The molecule has 1 aromatic heterocycles. The molecule has 2 rings (SSSR count). The van der Waals surface area contributed by atoms with Gasteiger partial charge in [0.25, 0.3) is 0 Å². The molecule has 0 spiro atoms. The van der Waals surface area contributed by atoms with Gasteiger partial charge in [-0.3, -0.25) is 4.68 Å². The van der Waals surface area contributed by atoms with Crippen LogP contribution in [0.15, 0.2) is 30.6 Å². The van der Waals surface area contributed by atoms with Gasteiger partial charge in [0.15, 0.2) is 0 Å². The number of rotatable bonds is 5. The van der Waals surface area contributed by atoms with Gasteiger partial charge in [-0.1, -0.05) is 18.5 Å². The van der Waals surface area contributed by atoms with Crippen molar-refractivity contribution in [2.24, 2.45) is 7.05 Å². The summed E-state index contributed by atoms with van der Waals surface area (Å²) in [6.45, 7) is 2.76. The van der Waals surface area contributed by atoms with E-state index in [2.05, 4.69) is 10.4 Å². The smallest absolute Gasteiger partial charge is 0.128 e. The highest BCUT2D eigenvalue weighted by molar-refractivity contribution is 6.30. The molecule has 0 aliphatic heterocycles. The van der Waals surface area contributed by atoms with E-state index in [0.717, 1.165) is 12.1 Å². The number of nitrogens with zero attached hydrogens (tertiary/aromatic N) is 2. The molecular formula is C14H17ClFN3. The number of aromatic nitrogens is 2. The molecule has 0 amide bonds. The molecule has 1 aromatic carbocycles. The summed E-state index contributed by atoms with van der Waals surface area (Å²) in [6, 6.07) is 4.55. The average Bonchev–Trinajstić information content (AvgIpc) is 2.77. The highest BCUT2D eigenvalue weighted by Gasteiger charge is 2.16. The van der Waals surface area contributed by atoms with Crippen molar-refractivity contribution in [2.45, 2.75) is 19.4 Å². The number of benzene rings is 1. The fourth-order valence-corrected chi connectivity index (χ4v) is 2.31. The van der Waals surface area contributed by atoms with E-state index in [1.165, 1.54) is 6.07 Å². The summed E-state index contributed by atoms with van der Waals surface area (Å²) in [5.74, 6) is -0.237. The molecule has 0 radical (unpaired) electrons. The summed E-state index contributed by atoms with van der Waals surface area (Å²) in [4.78, 5) is 0. The minimum Gasteiger partial charge on any atom is -0.310 e. The van der Waals surface area contributed by atoms with Gasteiger partial charge in [-0.15, -0.1) is 0 Å². The maximum atomic E-state index is 13.9. The summed E-state index contributed by atoms with van der Waals surface area (Å²) in [6.07, 6.45) is 4.42. The molecule has 5 heteroatoms. The second-order valence-corrected chi connectivity index (χ2v) is 4.94. The summed E-state index contributed by atoms with van der Waals surface area (Å²) in [5, 5.41) is 7.97. The first-order valence-electron chi connectivity index (χ1n) is 6.26. The van der Waals surface area contributed by atoms with E-state index in [1.807, 2.05) is 20.2 Å². The van der Waals surface area contributed by atoms with Gasteiger partial charge in [-0.25, -0.2) is 4.39 Å². The van der Waals surface area contributed by atoms with Gasteiger partial charge in [-0.05, 0) is 36.7 Å². The summed E-state index contributed by atoms with van der Waals surface area (Å²) >= 11 is 5.96. The number of nitrogens with one attached hydrogen (secondary N) is 1. The predicted molar refractivity (Wildman–Crippen MR) is 74.7 cm³/mol. The zero-order valence-electron chi connectivity index (χ0n) is 11.0. The van der Waals surface area contributed by atoms with Crippen molar-refractivity contribution in [3.05, 3.63) is 52.6 Å². The normalized spacial score (nSPS) is 12.6. The van der Waals surface area contributed by atoms with Crippen LogP contribution < -0.4 is 5.32 Å². The third kappa shape index (κ3) is 3.55. The van der Waals surface area contributed by atoms with E-state index < -0.39 is 0 Å². The van der Waals surface area contributed by atoms with Crippen LogP contribution >= 0.6 is 11.6 Å². The molecule has 1 unspecified atom stereocenters. The third-order valence-corrected chi connectivity index (χ3v) is 3.22. The van der Waals surface area contributed by atoms with Crippen molar-refractivity contribution in [2.75, 3.05) is 6.54 Å². The lowest BCUT2D eigenvalue weighted by atomic mass is 10.00. The Morgan fingerprint density at radius 2 is 2.26 bits per heavy atom. The predicted octanol–water partition coefficient (Wildman–Crippen LogP) is 3.11. The van der Waals surface area contributed by atoms with Crippen molar-refractivity contribution >= 4 is 11.6 Å². The molecule has 2 aromatic rings. The molecule has 0 aliphatic rings. The van der Waals surface area contributed by atoms with Crippen LogP contribution in [-0.2, 0) is 13.5 Å². The molecule has 0 saturated carbocycles. The standard InChI is InChI=1S/C14H17ClFN3/c1-3-17-14(6-10-8-18-19(2)9-10)12-7-11(15)4-5-13(12)16/h4-5,7-9,14,17H,3,6H2,1-2H3. The van der Waals surface area contributed by atoms with E-state index in [1.54, 1.807) is 23.0 Å². The van der Waals surface area contributed by atoms with Crippen LogP contribution in [0.3, 0.4) is 0 Å². The van der Waals surface area contributed by atoms with Crippen molar-refractivity contribution in [1.29, 1.82) is 0 Å². The van der Waals surface area contributed by atoms with E-state index in [-0.39, 0.29) is 11.9 Å². The molecular weight excluding hydrogens is 265 g/mol. The van der Waals surface area contributed by atoms with E-state index >= 15 is 0 Å². The fraction of sp³-hybridized carbons (Fsp3) is 0.357. The second kappa shape index (κ2) is 6.17. The van der Waals surface area contributed by atoms with Gasteiger partial charge >= 0.3 is 0 Å². The van der Waals surface area contributed by atoms with E-state index in [0.29, 0.717) is 17.0 Å². The molecule has 0 aliphatic carbocycles. The Hall–Kier alpha value is -1.39. The fourth-order valence-electron chi connectivity index (χ4n) is 2.13. The molecule has 3 nitrogen and oxygen atoms in total. The molecule has 0 bridgehead atoms. The molecule has 0 saturated heterocycles. The Kier molecular flexibility index (Phi) is 4.56. The summed E-state index contributed by atoms with van der Waals surface area (Å²) in [5.41, 5.74) is 1.66. The number of likely N-dealkylation sites (N-methyl/N-ethyl adjacent to an activating group) is 1. The summed E-state index contributed by atoms with van der Waals surface area (Å²) in [7, 11) is 1.87. The van der Waals surface area contributed by atoms with Gasteiger partial charge in [-0.2, -0.15) is 5.10 Å². The second-order valence-electron chi connectivity index (χ2n) is 4.50. The van der Waals surface area contributed by atoms with Crippen LogP contribution in [0.1, 0.15) is 24.1 Å². The first kappa shape index (κ1) is 14.0. The van der Waals surface area contributed by atoms with Crippen LogP contribution in [0.4, 0.5) is 4.39 Å². The first-order valence-corrected chi connectivity index (χ1v) is 6.63. The Balaban J connectivity index is 2.26. The highest BCUT2D eigenvalue weighted by Crippen LogP contribution is 2.24. The van der Waals surface area contributed by atoms with Gasteiger partial charge < -0.3 is 5.32 Å². The Morgan fingerprint density at radius 1 is 1.47 bits per heavy atom. The van der Waals surface area contributed by atoms with Crippen molar-refractivity contribution in [3.8, 4) is 0 Å². The van der Waals surface area contributed by atoms with Crippen molar-refractivity contribution in [1.82, 2.24) is 15.1 Å². The van der Waals surface area contributed by atoms with Crippen LogP contribution in [0, 0.1) is 5.82 Å². The lowest BCUT2D eigenvalue weighted by Crippen LogP contribution is -2.23. The minimum absolute atomic E-state index is 0.104. The maximum Gasteiger partial charge on any atom is 0.128 e. The largest absolute Gasteiger partial charge is 0.310 e. The minimum atomic E-state index is -0.237. The van der Waals surface area contributed by atoms with E-state index in [4.69, 9.17) is 11.6 Å². The van der Waals surface area contributed by atoms with Gasteiger partial charge in [0, 0.05) is 29.9 Å². The van der Waals surface area contributed by atoms with Gasteiger partial charge in [0.2, 0.25) is 0 Å². The topological polar surface area (TPSA) is 29.9 Å². The Bertz CT molecular complexity index is 553. The van der Waals surface area contributed by atoms with E-state index in [9.17, 15) is 4.39 Å². The number of halogens is 2. The lowest BCUT2D eigenvalue weighted by Gasteiger charge is -2.18. The van der Waals surface area contributed by atoms with Crippen LogP contribution in [0.25, 0.3) is 0 Å². The zero-order chi connectivity index (χ0) is 13.8. The van der Waals surface area contributed by atoms with Crippen LogP contribution in [0.5, 0.6) is 0 Å². The van der Waals surface area contributed by atoms with Crippen LogP contribution in [-0.4, -0.2) is 16.3 Å². The monoisotopic (exact) mass is 281 g/mol. The molecule has 19 heavy (non-hydrogen) atoms.